The molecule has 1 amide bonds. The van der Waals surface area contributed by atoms with E-state index in [1.165, 1.54) is 0 Å². The van der Waals surface area contributed by atoms with Crippen LogP contribution in [0.4, 0.5) is 0 Å². The standard InChI is InChI=1S/C17H15BrClNO2/c18-12-5-6-15(19)13(9-12)16(21)20-10-17(22)8-7-11-3-1-2-4-14(11)17/h1-6,9,22H,7-8,10H2,(H,20,21). The highest BCUT2D eigenvalue weighted by molar-refractivity contribution is 9.10. The Morgan fingerprint density at radius 1 is 1.32 bits per heavy atom. The molecule has 1 aliphatic carbocycles. The van der Waals surface area contributed by atoms with Crippen LogP contribution in [0.2, 0.25) is 5.02 Å². The van der Waals surface area contributed by atoms with Crippen molar-refractivity contribution in [3.05, 3.63) is 68.7 Å². The molecular weight excluding hydrogens is 366 g/mol. The third kappa shape index (κ3) is 2.91. The topological polar surface area (TPSA) is 49.3 Å². The predicted molar refractivity (Wildman–Crippen MR) is 90.1 cm³/mol. The van der Waals surface area contributed by atoms with E-state index >= 15 is 0 Å². The number of carbonyl (C=O) groups excluding carboxylic acids is 1. The molecule has 0 bridgehead atoms. The van der Waals surface area contributed by atoms with E-state index in [1.807, 2.05) is 24.3 Å². The number of halogens is 2. The third-order valence-electron chi connectivity index (χ3n) is 4.04. The minimum atomic E-state index is -1.01. The molecule has 0 fully saturated rings. The summed E-state index contributed by atoms with van der Waals surface area (Å²) in [6.07, 6.45) is 1.43. The van der Waals surface area contributed by atoms with Gasteiger partial charge in [0.2, 0.25) is 0 Å². The fourth-order valence-electron chi connectivity index (χ4n) is 2.85. The number of hydrogen-bond donors (Lipinski definition) is 2. The summed E-state index contributed by atoms with van der Waals surface area (Å²) < 4.78 is 0.784. The molecule has 0 radical (unpaired) electrons. The van der Waals surface area contributed by atoms with Crippen molar-refractivity contribution < 1.29 is 9.90 Å². The molecule has 5 heteroatoms. The molecule has 0 saturated heterocycles. The molecule has 2 aromatic rings. The quantitative estimate of drug-likeness (QED) is 0.853. The first-order chi connectivity index (χ1) is 10.5. The van der Waals surface area contributed by atoms with Crippen LogP contribution in [0, 0.1) is 0 Å². The van der Waals surface area contributed by atoms with Crippen molar-refractivity contribution in [3.8, 4) is 0 Å². The van der Waals surface area contributed by atoms with E-state index in [2.05, 4.69) is 21.2 Å². The number of aliphatic hydroxyl groups is 1. The predicted octanol–water partition coefficient (Wildman–Crippen LogP) is 3.67. The highest BCUT2D eigenvalue weighted by Crippen LogP contribution is 2.36. The molecule has 2 aromatic carbocycles. The molecule has 0 aliphatic heterocycles. The lowest BCUT2D eigenvalue weighted by Crippen LogP contribution is -2.39. The van der Waals surface area contributed by atoms with Crippen LogP contribution >= 0.6 is 27.5 Å². The monoisotopic (exact) mass is 379 g/mol. The highest BCUT2D eigenvalue weighted by Gasteiger charge is 2.36. The zero-order valence-electron chi connectivity index (χ0n) is 11.8. The van der Waals surface area contributed by atoms with E-state index in [-0.39, 0.29) is 12.5 Å². The summed E-state index contributed by atoms with van der Waals surface area (Å²) >= 11 is 9.38. The molecule has 1 atom stereocenters. The zero-order chi connectivity index (χ0) is 15.7. The number of nitrogens with one attached hydrogen (secondary N) is 1. The van der Waals surface area contributed by atoms with Crippen molar-refractivity contribution in [1.82, 2.24) is 5.32 Å². The fourth-order valence-corrected chi connectivity index (χ4v) is 3.41. The SMILES string of the molecule is O=C(NCC1(O)CCc2ccccc21)c1cc(Br)ccc1Cl. The van der Waals surface area contributed by atoms with Crippen LogP contribution in [-0.4, -0.2) is 17.6 Å². The van der Waals surface area contributed by atoms with Crippen LogP contribution in [0.15, 0.2) is 46.9 Å². The number of fused-ring (bicyclic) bond motifs is 1. The van der Waals surface area contributed by atoms with Gasteiger partial charge in [-0.3, -0.25) is 4.79 Å². The number of amides is 1. The van der Waals surface area contributed by atoms with Gasteiger partial charge in [-0.15, -0.1) is 0 Å². The minimum Gasteiger partial charge on any atom is -0.383 e. The lowest BCUT2D eigenvalue weighted by atomic mass is 9.96. The molecular formula is C17H15BrClNO2. The lowest BCUT2D eigenvalue weighted by molar-refractivity contribution is 0.0369. The van der Waals surface area contributed by atoms with Crippen LogP contribution in [0.25, 0.3) is 0 Å². The maximum atomic E-state index is 12.3. The summed E-state index contributed by atoms with van der Waals surface area (Å²) in [7, 11) is 0. The van der Waals surface area contributed by atoms with Gasteiger partial charge in [-0.2, -0.15) is 0 Å². The summed E-state index contributed by atoms with van der Waals surface area (Å²) in [5, 5.41) is 14.0. The number of hydrogen-bond acceptors (Lipinski definition) is 2. The summed E-state index contributed by atoms with van der Waals surface area (Å²) in [5.74, 6) is -0.288. The Labute approximate surface area is 142 Å². The molecule has 0 aromatic heterocycles. The highest BCUT2D eigenvalue weighted by atomic mass is 79.9. The average Bonchev–Trinajstić information content (AvgIpc) is 2.86. The molecule has 1 aliphatic rings. The maximum absolute atomic E-state index is 12.3. The second kappa shape index (κ2) is 6.03. The Morgan fingerprint density at radius 2 is 2.09 bits per heavy atom. The van der Waals surface area contributed by atoms with E-state index in [4.69, 9.17) is 11.6 Å². The van der Waals surface area contributed by atoms with Crippen molar-refractivity contribution >= 4 is 33.4 Å². The first-order valence-electron chi connectivity index (χ1n) is 7.04. The second-order valence-electron chi connectivity index (χ2n) is 5.50. The molecule has 22 heavy (non-hydrogen) atoms. The van der Waals surface area contributed by atoms with Gasteiger partial charge in [-0.25, -0.2) is 0 Å². The van der Waals surface area contributed by atoms with Crippen molar-refractivity contribution in [2.24, 2.45) is 0 Å². The molecule has 0 saturated carbocycles. The van der Waals surface area contributed by atoms with Crippen LogP contribution in [0.1, 0.15) is 27.9 Å². The van der Waals surface area contributed by atoms with Gasteiger partial charge >= 0.3 is 0 Å². The molecule has 2 N–H and O–H groups in total. The number of rotatable bonds is 3. The number of carbonyl (C=O) groups is 1. The summed E-state index contributed by atoms with van der Waals surface area (Å²) in [4.78, 5) is 12.3. The normalized spacial score (nSPS) is 19.8. The van der Waals surface area contributed by atoms with Gasteiger partial charge in [-0.05, 0) is 42.2 Å². The molecule has 1 unspecified atom stereocenters. The van der Waals surface area contributed by atoms with E-state index in [1.54, 1.807) is 18.2 Å². The molecule has 114 valence electrons. The molecule has 3 nitrogen and oxygen atoms in total. The van der Waals surface area contributed by atoms with Crippen molar-refractivity contribution in [3.63, 3.8) is 0 Å². The summed E-state index contributed by atoms with van der Waals surface area (Å²) in [6, 6.07) is 12.9. The number of benzene rings is 2. The number of aryl methyl sites for hydroxylation is 1. The summed E-state index contributed by atoms with van der Waals surface area (Å²) in [6.45, 7) is 0.172. The third-order valence-corrected chi connectivity index (χ3v) is 4.86. The van der Waals surface area contributed by atoms with Crippen LogP contribution in [-0.2, 0) is 12.0 Å². The Hall–Kier alpha value is -1.36. The molecule has 0 spiro atoms. The largest absolute Gasteiger partial charge is 0.383 e. The summed E-state index contributed by atoms with van der Waals surface area (Å²) in [5.41, 5.74) is 1.42. The molecule has 0 heterocycles. The smallest absolute Gasteiger partial charge is 0.252 e. The Balaban J connectivity index is 1.76. The lowest BCUT2D eigenvalue weighted by Gasteiger charge is -2.24. The van der Waals surface area contributed by atoms with Crippen LogP contribution in [0.3, 0.4) is 0 Å². The zero-order valence-corrected chi connectivity index (χ0v) is 14.1. The van der Waals surface area contributed by atoms with Crippen molar-refractivity contribution in [2.45, 2.75) is 18.4 Å². The Morgan fingerprint density at radius 3 is 2.91 bits per heavy atom. The van der Waals surface area contributed by atoms with Gasteiger partial charge in [0.1, 0.15) is 5.60 Å². The first kappa shape index (κ1) is 15.5. The minimum absolute atomic E-state index is 0.172. The fraction of sp³-hybridized carbons (Fsp3) is 0.235. The van der Waals surface area contributed by atoms with Gasteiger partial charge in [0.25, 0.3) is 5.91 Å². The van der Waals surface area contributed by atoms with E-state index < -0.39 is 5.60 Å². The Kier molecular flexibility index (Phi) is 4.26. The van der Waals surface area contributed by atoms with Gasteiger partial charge < -0.3 is 10.4 Å². The van der Waals surface area contributed by atoms with Crippen LogP contribution in [0.5, 0.6) is 0 Å². The molecule has 3 rings (SSSR count). The van der Waals surface area contributed by atoms with Crippen molar-refractivity contribution in [2.75, 3.05) is 6.54 Å². The van der Waals surface area contributed by atoms with Gasteiger partial charge in [-0.1, -0.05) is 51.8 Å². The van der Waals surface area contributed by atoms with E-state index in [0.717, 1.165) is 22.0 Å². The second-order valence-corrected chi connectivity index (χ2v) is 6.82. The van der Waals surface area contributed by atoms with E-state index in [0.29, 0.717) is 17.0 Å². The average molecular weight is 381 g/mol. The van der Waals surface area contributed by atoms with Gasteiger partial charge in [0.05, 0.1) is 17.1 Å². The van der Waals surface area contributed by atoms with E-state index in [9.17, 15) is 9.90 Å². The van der Waals surface area contributed by atoms with Crippen LogP contribution < -0.4 is 5.32 Å². The van der Waals surface area contributed by atoms with Crippen molar-refractivity contribution in [1.29, 1.82) is 0 Å². The first-order valence-corrected chi connectivity index (χ1v) is 8.21. The van der Waals surface area contributed by atoms with Gasteiger partial charge in [0, 0.05) is 4.47 Å². The van der Waals surface area contributed by atoms with Gasteiger partial charge in [0.15, 0.2) is 0 Å². The maximum Gasteiger partial charge on any atom is 0.252 e. The Bertz CT molecular complexity index is 734.